The SMILES string of the molecule is CCCCN(CCCCCCCC(CCC)CCC)C1CCCCC1. The first kappa shape index (κ1) is 23.0. The molecular weight excluding hydrogens is 302 g/mol. The summed E-state index contributed by atoms with van der Waals surface area (Å²) < 4.78 is 0. The Morgan fingerprint density at radius 2 is 1.24 bits per heavy atom. The quantitative estimate of drug-likeness (QED) is 0.255. The first-order valence-corrected chi connectivity index (χ1v) is 12.1. The Morgan fingerprint density at radius 1 is 0.640 bits per heavy atom. The summed E-state index contributed by atoms with van der Waals surface area (Å²) in [5.74, 6) is 1.02. The van der Waals surface area contributed by atoms with Crippen molar-refractivity contribution in [3.63, 3.8) is 0 Å². The lowest BCUT2D eigenvalue weighted by atomic mass is 9.92. The molecule has 25 heavy (non-hydrogen) atoms. The van der Waals surface area contributed by atoms with Gasteiger partial charge in [-0.05, 0) is 44.7 Å². The lowest BCUT2D eigenvalue weighted by Gasteiger charge is -2.34. The average Bonchev–Trinajstić information content (AvgIpc) is 2.64. The average molecular weight is 352 g/mol. The number of hydrogen-bond acceptors (Lipinski definition) is 1. The fourth-order valence-corrected chi connectivity index (χ4v) is 4.81. The zero-order valence-corrected chi connectivity index (χ0v) is 18.0. The molecule has 1 aliphatic carbocycles. The molecule has 1 rings (SSSR count). The van der Waals surface area contributed by atoms with Crippen molar-refractivity contribution in [2.45, 2.75) is 136 Å². The standard InChI is InChI=1S/C24H49N/c1-4-7-21-25(24-19-13-11-14-20-24)22-15-10-8-9-12-18-23(16-5-2)17-6-3/h23-24H,4-22H2,1-3H3. The molecule has 1 heteroatoms. The van der Waals surface area contributed by atoms with Crippen molar-refractivity contribution in [3.05, 3.63) is 0 Å². The van der Waals surface area contributed by atoms with E-state index in [0.29, 0.717) is 0 Å². The topological polar surface area (TPSA) is 3.24 Å². The molecule has 0 heterocycles. The highest BCUT2D eigenvalue weighted by Gasteiger charge is 2.20. The lowest BCUT2D eigenvalue weighted by molar-refractivity contribution is 0.150. The molecule has 0 N–H and O–H groups in total. The molecule has 0 aromatic rings. The highest BCUT2D eigenvalue weighted by Crippen LogP contribution is 2.24. The molecule has 0 atom stereocenters. The number of nitrogens with zero attached hydrogens (tertiary/aromatic N) is 1. The van der Waals surface area contributed by atoms with Gasteiger partial charge in [0, 0.05) is 6.04 Å². The van der Waals surface area contributed by atoms with Crippen molar-refractivity contribution < 1.29 is 0 Å². The van der Waals surface area contributed by atoms with Crippen molar-refractivity contribution in [1.82, 2.24) is 4.90 Å². The Morgan fingerprint density at radius 3 is 1.88 bits per heavy atom. The first-order valence-electron chi connectivity index (χ1n) is 12.1. The molecule has 0 aliphatic heterocycles. The van der Waals surface area contributed by atoms with E-state index in [1.807, 2.05) is 0 Å². The minimum Gasteiger partial charge on any atom is -0.300 e. The van der Waals surface area contributed by atoms with Gasteiger partial charge in [-0.15, -0.1) is 0 Å². The van der Waals surface area contributed by atoms with Crippen LogP contribution in [0.2, 0.25) is 0 Å². The van der Waals surface area contributed by atoms with Gasteiger partial charge in [0.05, 0.1) is 0 Å². The van der Waals surface area contributed by atoms with E-state index in [-0.39, 0.29) is 0 Å². The Kier molecular flexibility index (Phi) is 14.9. The third-order valence-corrected chi connectivity index (χ3v) is 6.34. The van der Waals surface area contributed by atoms with Crippen molar-refractivity contribution in [3.8, 4) is 0 Å². The van der Waals surface area contributed by atoms with Crippen LogP contribution in [-0.4, -0.2) is 24.0 Å². The Labute approximate surface area is 160 Å². The Balaban J connectivity index is 2.10. The van der Waals surface area contributed by atoms with Crippen molar-refractivity contribution >= 4 is 0 Å². The van der Waals surface area contributed by atoms with Crippen LogP contribution in [0.5, 0.6) is 0 Å². The summed E-state index contributed by atoms with van der Waals surface area (Å²) in [5, 5.41) is 0. The van der Waals surface area contributed by atoms with Gasteiger partial charge in [-0.25, -0.2) is 0 Å². The van der Waals surface area contributed by atoms with E-state index in [0.717, 1.165) is 12.0 Å². The Hall–Kier alpha value is -0.0400. The summed E-state index contributed by atoms with van der Waals surface area (Å²) in [6, 6.07) is 0.921. The molecule has 0 spiro atoms. The molecule has 0 unspecified atom stereocenters. The first-order chi connectivity index (χ1) is 12.3. The third-order valence-electron chi connectivity index (χ3n) is 6.34. The molecule has 150 valence electrons. The van der Waals surface area contributed by atoms with Crippen molar-refractivity contribution in [2.75, 3.05) is 13.1 Å². The highest BCUT2D eigenvalue weighted by atomic mass is 15.1. The third kappa shape index (κ3) is 11.3. The molecule has 1 nitrogen and oxygen atoms in total. The van der Waals surface area contributed by atoms with Crippen LogP contribution >= 0.6 is 0 Å². The smallest absolute Gasteiger partial charge is 0.00952 e. The zero-order chi connectivity index (χ0) is 18.2. The Bertz CT molecular complexity index is 263. The van der Waals surface area contributed by atoms with E-state index >= 15 is 0 Å². The molecular formula is C24H49N. The molecule has 0 bridgehead atoms. The van der Waals surface area contributed by atoms with E-state index in [1.165, 1.54) is 122 Å². The van der Waals surface area contributed by atoms with Crippen LogP contribution in [-0.2, 0) is 0 Å². The molecule has 0 aromatic heterocycles. The van der Waals surface area contributed by atoms with Gasteiger partial charge >= 0.3 is 0 Å². The van der Waals surface area contributed by atoms with Gasteiger partial charge in [-0.2, -0.15) is 0 Å². The number of unbranched alkanes of at least 4 members (excludes halogenated alkanes) is 5. The van der Waals surface area contributed by atoms with E-state index < -0.39 is 0 Å². The monoisotopic (exact) mass is 351 g/mol. The largest absolute Gasteiger partial charge is 0.300 e. The fraction of sp³-hybridized carbons (Fsp3) is 1.00. The summed E-state index contributed by atoms with van der Waals surface area (Å²) in [7, 11) is 0. The number of rotatable bonds is 16. The predicted octanol–water partition coefficient (Wildman–Crippen LogP) is 7.98. The van der Waals surface area contributed by atoms with Gasteiger partial charge in [0.15, 0.2) is 0 Å². The molecule has 1 aliphatic rings. The van der Waals surface area contributed by atoms with Crippen molar-refractivity contribution in [2.24, 2.45) is 5.92 Å². The lowest BCUT2D eigenvalue weighted by Crippen LogP contribution is -2.38. The maximum Gasteiger partial charge on any atom is 0.00952 e. The normalized spacial score (nSPS) is 16.2. The van der Waals surface area contributed by atoms with Crippen LogP contribution in [0, 0.1) is 5.92 Å². The van der Waals surface area contributed by atoms with Gasteiger partial charge in [0.25, 0.3) is 0 Å². The van der Waals surface area contributed by atoms with Crippen LogP contribution in [0.1, 0.15) is 130 Å². The van der Waals surface area contributed by atoms with Crippen LogP contribution in [0.4, 0.5) is 0 Å². The molecule has 0 radical (unpaired) electrons. The zero-order valence-electron chi connectivity index (χ0n) is 18.0. The predicted molar refractivity (Wildman–Crippen MR) is 114 cm³/mol. The molecule has 0 amide bonds. The number of hydrogen-bond donors (Lipinski definition) is 0. The summed E-state index contributed by atoms with van der Waals surface area (Å²) in [4.78, 5) is 2.86. The molecule has 1 fully saturated rings. The fourth-order valence-electron chi connectivity index (χ4n) is 4.81. The van der Waals surface area contributed by atoms with E-state index in [9.17, 15) is 0 Å². The van der Waals surface area contributed by atoms with E-state index in [2.05, 4.69) is 25.7 Å². The van der Waals surface area contributed by atoms with Gasteiger partial charge in [0.2, 0.25) is 0 Å². The van der Waals surface area contributed by atoms with Crippen LogP contribution in [0.3, 0.4) is 0 Å². The molecule has 0 aromatic carbocycles. The van der Waals surface area contributed by atoms with E-state index in [1.54, 1.807) is 0 Å². The minimum absolute atomic E-state index is 0.921. The molecule has 0 saturated heterocycles. The maximum atomic E-state index is 2.86. The van der Waals surface area contributed by atoms with Crippen molar-refractivity contribution in [1.29, 1.82) is 0 Å². The van der Waals surface area contributed by atoms with Gasteiger partial charge in [-0.1, -0.05) is 104 Å². The molecule has 1 saturated carbocycles. The second-order valence-corrected chi connectivity index (χ2v) is 8.68. The summed E-state index contributed by atoms with van der Waals surface area (Å²) in [6.45, 7) is 9.76. The van der Waals surface area contributed by atoms with Gasteiger partial charge in [-0.3, -0.25) is 0 Å². The van der Waals surface area contributed by atoms with Gasteiger partial charge in [0.1, 0.15) is 0 Å². The summed E-state index contributed by atoms with van der Waals surface area (Å²) in [6.07, 6.45) is 24.6. The second-order valence-electron chi connectivity index (χ2n) is 8.68. The second kappa shape index (κ2) is 16.2. The summed E-state index contributed by atoms with van der Waals surface area (Å²) >= 11 is 0. The van der Waals surface area contributed by atoms with Crippen LogP contribution in [0.25, 0.3) is 0 Å². The minimum atomic E-state index is 0.921. The summed E-state index contributed by atoms with van der Waals surface area (Å²) in [5.41, 5.74) is 0. The van der Waals surface area contributed by atoms with E-state index in [4.69, 9.17) is 0 Å². The van der Waals surface area contributed by atoms with Gasteiger partial charge < -0.3 is 4.90 Å². The maximum absolute atomic E-state index is 2.86. The van der Waals surface area contributed by atoms with Crippen LogP contribution < -0.4 is 0 Å². The van der Waals surface area contributed by atoms with Crippen LogP contribution in [0.15, 0.2) is 0 Å². The highest BCUT2D eigenvalue weighted by molar-refractivity contribution is 4.76.